The van der Waals surface area contributed by atoms with Gasteiger partial charge in [-0.25, -0.2) is 0 Å². The second kappa shape index (κ2) is 5.35. The molecule has 1 aliphatic heterocycles. The Kier molecular flexibility index (Phi) is 4.39. The van der Waals surface area contributed by atoms with E-state index in [-0.39, 0.29) is 5.92 Å². The van der Waals surface area contributed by atoms with Crippen molar-refractivity contribution in [1.29, 1.82) is 0 Å². The molecule has 3 heteroatoms. The summed E-state index contributed by atoms with van der Waals surface area (Å²) in [6.07, 6.45) is 2.22. The molecule has 0 aromatic rings. The molecule has 0 bridgehead atoms. The predicted molar refractivity (Wildman–Crippen MR) is 51.7 cm³/mol. The van der Waals surface area contributed by atoms with Crippen molar-refractivity contribution in [3.63, 3.8) is 0 Å². The molecule has 3 nitrogen and oxygen atoms in total. The standard InChI is InChI=1S/C10H19NO2/c1-9(12)10-4-3-5-11(8-10)6-7-13-2/h10H,3-8H2,1-2H3. The molecule has 0 amide bonds. The fraction of sp³-hybridized carbons (Fsp3) is 0.900. The summed E-state index contributed by atoms with van der Waals surface area (Å²) in [5, 5.41) is 0. The van der Waals surface area contributed by atoms with Crippen LogP contribution in [0.4, 0.5) is 0 Å². The highest BCUT2D eigenvalue weighted by Gasteiger charge is 2.22. The first-order chi connectivity index (χ1) is 6.24. The average molecular weight is 185 g/mol. The van der Waals surface area contributed by atoms with Crippen LogP contribution in [0.15, 0.2) is 0 Å². The smallest absolute Gasteiger partial charge is 0.134 e. The normalized spacial score (nSPS) is 24.6. The van der Waals surface area contributed by atoms with Crippen LogP contribution in [0, 0.1) is 5.92 Å². The van der Waals surface area contributed by atoms with Crippen LogP contribution in [-0.2, 0) is 9.53 Å². The lowest BCUT2D eigenvalue weighted by atomic mass is 9.95. The van der Waals surface area contributed by atoms with Gasteiger partial charge in [0.1, 0.15) is 5.78 Å². The summed E-state index contributed by atoms with van der Waals surface area (Å²) in [6.45, 7) is 5.47. The Bertz CT molecular complexity index is 170. The number of Topliss-reactive ketones (excluding diaryl/α,β-unsaturated/α-hetero) is 1. The van der Waals surface area contributed by atoms with Gasteiger partial charge in [0.25, 0.3) is 0 Å². The van der Waals surface area contributed by atoms with Crippen molar-refractivity contribution < 1.29 is 9.53 Å². The Morgan fingerprint density at radius 3 is 3.00 bits per heavy atom. The van der Waals surface area contributed by atoms with Gasteiger partial charge in [-0.15, -0.1) is 0 Å². The first-order valence-electron chi connectivity index (χ1n) is 4.95. The fourth-order valence-corrected chi connectivity index (χ4v) is 1.81. The van der Waals surface area contributed by atoms with Crippen LogP contribution in [0.3, 0.4) is 0 Å². The molecular formula is C10H19NO2. The second-order valence-corrected chi connectivity index (χ2v) is 3.74. The van der Waals surface area contributed by atoms with E-state index in [1.54, 1.807) is 14.0 Å². The summed E-state index contributed by atoms with van der Waals surface area (Å²) in [4.78, 5) is 13.5. The molecule has 0 saturated carbocycles. The number of carbonyl (C=O) groups is 1. The number of piperidine rings is 1. The lowest BCUT2D eigenvalue weighted by molar-refractivity contribution is -0.122. The molecule has 1 atom stereocenters. The summed E-state index contributed by atoms with van der Waals surface area (Å²) in [6, 6.07) is 0. The van der Waals surface area contributed by atoms with Crippen LogP contribution < -0.4 is 0 Å². The van der Waals surface area contributed by atoms with E-state index in [1.807, 2.05) is 0 Å². The van der Waals surface area contributed by atoms with Crippen LogP contribution in [0.1, 0.15) is 19.8 Å². The zero-order valence-corrected chi connectivity index (χ0v) is 8.58. The second-order valence-electron chi connectivity index (χ2n) is 3.74. The van der Waals surface area contributed by atoms with Crippen molar-refractivity contribution in [2.75, 3.05) is 33.4 Å². The third kappa shape index (κ3) is 3.44. The summed E-state index contributed by atoms with van der Waals surface area (Å²) < 4.78 is 5.01. The molecule has 1 aliphatic rings. The number of ether oxygens (including phenoxy) is 1. The molecule has 76 valence electrons. The lowest BCUT2D eigenvalue weighted by Gasteiger charge is -2.31. The van der Waals surface area contributed by atoms with Crippen molar-refractivity contribution >= 4 is 5.78 Å². The maximum atomic E-state index is 11.2. The van der Waals surface area contributed by atoms with Crippen LogP contribution in [0.2, 0.25) is 0 Å². The predicted octanol–water partition coefficient (Wildman–Crippen LogP) is 0.934. The molecule has 1 rings (SSSR count). The minimum Gasteiger partial charge on any atom is -0.383 e. The van der Waals surface area contributed by atoms with E-state index in [4.69, 9.17) is 4.74 Å². The average Bonchev–Trinajstić information content (AvgIpc) is 2.15. The Morgan fingerprint density at radius 2 is 2.38 bits per heavy atom. The highest BCUT2D eigenvalue weighted by atomic mass is 16.5. The minimum absolute atomic E-state index is 0.269. The Balaban J connectivity index is 2.29. The third-order valence-corrected chi connectivity index (χ3v) is 2.69. The third-order valence-electron chi connectivity index (χ3n) is 2.69. The molecule has 0 aromatic heterocycles. The van der Waals surface area contributed by atoms with Crippen molar-refractivity contribution in [1.82, 2.24) is 4.90 Å². The Labute approximate surface area is 80.1 Å². The SMILES string of the molecule is COCCN1CCCC(C(C)=O)C1. The van der Waals surface area contributed by atoms with Crippen LogP contribution in [-0.4, -0.2) is 44.0 Å². The quantitative estimate of drug-likeness (QED) is 0.652. The van der Waals surface area contributed by atoms with Crippen molar-refractivity contribution in [3.05, 3.63) is 0 Å². The molecular weight excluding hydrogens is 166 g/mol. The van der Waals surface area contributed by atoms with E-state index in [1.165, 1.54) is 0 Å². The number of ketones is 1. The van der Waals surface area contributed by atoms with E-state index in [2.05, 4.69) is 4.90 Å². The maximum absolute atomic E-state index is 11.2. The largest absolute Gasteiger partial charge is 0.383 e. The molecule has 0 N–H and O–H groups in total. The lowest BCUT2D eigenvalue weighted by Crippen LogP contribution is -2.39. The van der Waals surface area contributed by atoms with Gasteiger partial charge in [0.15, 0.2) is 0 Å². The van der Waals surface area contributed by atoms with Gasteiger partial charge in [0.05, 0.1) is 6.61 Å². The fourth-order valence-electron chi connectivity index (χ4n) is 1.81. The number of hydrogen-bond acceptors (Lipinski definition) is 3. The minimum atomic E-state index is 0.269. The summed E-state index contributed by atoms with van der Waals surface area (Å²) in [5.74, 6) is 0.604. The number of methoxy groups -OCH3 is 1. The highest BCUT2D eigenvalue weighted by molar-refractivity contribution is 5.78. The number of rotatable bonds is 4. The summed E-state index contributed by atoms with van der Waals surface area (Å²) >= 11 is 0. The van der Waals surface area contributed by atoms with Crippen molar-refractivity contribution in [3.8, 4) is 0 Å². The van der Waals surface area contributed by atoms with E-state index in [0.717, 1.165) is 39.1 Å². The van der Waals surface area contributed by atoms with Crippen molar-refractivity contribution in [2.24, 2.45) is 5.92 Å². The van der Waals surface area contributed by atoms with E-state index < -0.39 is 0 Å². The zero-order valence-electron chi connectivity index (χ0n) is 8.58. The molecule has 1 unspecified atom stereocenters. The molecule has 13 heavy (non-hydrogen) atoms. The van der Waals surface area contributed by atoms with Crippen LogP contribution >= 0.6 is 0 Å². The summed E-state index contributed by atoms with van der Waals surface area (Å²) in [7, 11) is 1.71. The summed E-state index contributed by atoms with van der Waals surface area (Å²) in [5.41, 5.74) is 0. The van der Waals surface area contributed by atoms with E-state index >= 15 is 0 Å². The first-order valence-corrected chi connectivity index (χ1v) is 4.95. The van der Waals surface area contributed by atoms with Gasteiger partial charge >= 0.3 is 0 Å². The van der Waals surface area contributed by atoms with E-state index in [9.17, 15) is 4.79 Å². The monoisotopic (exact) mass is 185 g/mol. The van der Waals surface area contributed by atoms with Gasteiger partial charge < -0.3 is 9.64 Å². The van der Waals surface area contributed by atoms with Gasteiger partial charge in [-0.3, -0.25) is 4.79 Å². The Hall–Kier alpha value is -0.410. The van der Waals surface area contributed by atoms with Gasteiger partial charge in [-0.05, 0) is 26.3 Å². The number of hydrogen-bond donors (Lipinski definition) is 0. The Morgan fingerprint density at radius 1 is 1.62 bits per heavy atom. The molecule has 0 spiro atoms. The van der Waals surface area contributed by atoms with Crippen LogP contribution in [0.25, 0.3) is 0 Å². The topological polar surface area (TPSA) is 29.5 Å². The number of likely N-dealkylation sites (tertiary alicyclic amines) is 1. The zero-order chi connectivity index (χ0) is 9.68. The molecule has 1 fully saturated rings. The molecule has 0 radical (unpaired) electrons. The number of carbonyl (C=O) groups excluding carboxylic acids is 1. The maximum Gasteiger partial charge on any atom is 0.134 e. The van der Waals surface area contributed by atoms with Gasteiger partial charge in [-0.1, -0.05) is 0 Å². The molecule has 1 heterocycles. The van der Waals surface area contributed by atoms with Gasteiger partial charge in [-0.2, -0.15) is 0 Å². The van der Waals surface area contributed by atoms with Crippen LogP contribution in [0.5, 0.6) is 0 Å². The highest BCUT2D eigenvalue weighted by Crippen LogP contribution is 2.16. The van der Waals surface area contributed by atoms with Crippen molar-refractivity contribution in [2.45, 2.75) is 19.8 Å². The molecule has 1 saturated heterocycles. The molecule has 0 aromatic carbocycles. The van der Waals surface area contributed by atoms with Gasteiger partial charge in [0.2, 0.25) is 0 Å². The van der Waals surface area contributed by atoms with Gasteiger partial charge in [0, 0.05) is 26.1 Å². The number of nitrogens with zero attached hydrogens (tertiary/aromatic N) is 1. The molecule has 0 aliphatic carbocycles. The van der Waals surface area contributed by atoms with E-state index in [0.29, 0.717) is 5.78 Å². The first kappa shape index (κ1) is 10.7.